The fraction of sp³-hybridized carbons (Fsp3) is 0.400. The van der Waals surface area contributed by atoms with Gasteiger partial charge in [-0.05, 0) is 12.5 Å². The summed E-state index contributed by atoms with van der Waals surface area (Å²) in [4.78, 5) is 37.0. The molecule has 1 saturated heterocycles. The predicted octanol–water partition coefficient (Wildman–Crippen LogP) is 1.43. The van der Waals surface area contributed by atoms with Gasteiger partial charge in [-0.2, -0.15) is 0 Å². The standard InChI is InChI=1S/C15H19N3O4S/c1-3-22-15(21)17-16-13(20)12-9-23-14(18(12)10(2)19)11-7-5-4-6-8-11/h4-8,12,14H,3,9H2,1-2H3,(H,16,20)(H,17,21). The zero-order valence-electron chi connectivity index (χ0n) is 12.9. The smallest absolute Gasteiger partial charge is 0.426 e. The van der Waals surface area contributed by atoms with Gasteiger partial charge in [-0.1, -0.05) is 30.3 Å². The van der Waals surface area contributed by atoms with Crippen LogP contribution in [0.1, 0.15) is 24.8 Å². The van der Waals surface area contributed by atoms with E-state index in [0.29, 0.717) is 5.75 Å². The van der Waals surface area contributed by atoms with Crippen LogP contribution in [0, 0.1) is 0 Å². The summed E-state index contributed by atoms with van der Waals surface area (Å²) in [6, 6.07) is 8.88. The highest BCUT2D eigenvalue weighted by Gasteiger charge is 2.40. The molecule has 0 aromatic heterocycles. The third kappa shape index (κ3) is 4.16. The van der Waals surface area contributed by atoms with Crippen molar-refractivity contribution in [2.45, 2.75) is 25.3 Å². The van der Waals surface area contributed by atoms with Crippen molar-refractivity contribution < 1.29 is 19.1 Å². The van der Waals surface area contributed by atoms with Gasteiger partial charge in [0.2, 0.25) is 5.91 Å². The molecule has 2 atom stereocenters. The molecule has 8 heteroatoms. The van der Waals surface area contributed by atoms with Crippen molar-refractivity contribution in [2.24, 2.45) is 0 Å². The van der Waals surface area contributed by atoms with Gasteiger partial charge in [-0.25, -0.2) is 10.2 Å². The first-order valence-electron chi connectivity index (χ1n) is 7.22. The molecule has 1 aliphatic rings. The molecule has 0 aliphatic carbocycles. The Hall–Kier alpha value is -2.22. The Morgan fingerprint density at radius 3 is 2.57 bits per heavy atom. The van der Waals surface area contributed by atoms with Gasteiger partial charge >= 0.3 is 6.09 Å². The fourth-order valence-electron chi connectivity index (χ4n) is 2.33. The van der Waals surface area contributed by atoms with Gasteiger partial charge in [0, 0.05) is 12.7 Å². The first kappa shape index (κ1) is 17.1. The molecule has 0 bridgehead atoms. The lowest BCUT2D eigenvalue weighted by atomic mass is 10.1. The van der Waals surface area contributed by atoms with Gasteiger partial charge in [0.1, 0.15) is 11.4 Å². The molecule has 0 saturated carbocycles. The van der Waals surface area contributed by atoms with Crippen LogP contribution < -0.4 is 10.9 Å². The summed E-state index contributed by atoms with van der Waals surface area (Å²) in [6.07, 6.45) is -0.736. The van der Waals surface area contributed by atoms with Crippen molar-refractivity contribution in [3.63, 3.8) is 0 Å². The molecule has 2 rings (SSSR count). The van der Waals surface area contributed by atoms with Crippen LogP contribution >= 0.6 is 11.8 Å². The number of carbonyl (C=O) groups is 3. The number of rotatable bonds is 3. The van der Waals surface area contributed by atoms with Crippen molar-refractivity contribution >= 4 is 29.7 Å². The molecule has 124 valence electrons. The van der Waals surface area contributed by atoms with Crippen LogP contribution in [0.2, 0.25) is 0 Å². The van der Waals surface area contributed by atoms with Crippen molar-refractivity contribution in [1.29, 1.82) is 0 Å². The molecular formula is C15H19N3O4S. The van der Waals surface area contributed by atoms with E-state index in [1.54, 1.807) is 6.92 Å². The van der Waals surface area contributed by atoms with E-state index < -0.39 is 18.0 Å². The van der Waals surface area contributed by atoms with Gasteiger partial charge in [0.15, 0.2) is 0 Å². The number of hydrazine groups is 1. The van der Waals surface area contributed by atoms with E-state index in [-0.39, 0.29) is 17.9 Å². The summed E-state index contributed by atoms with van der Waals surface area (Å²) in [5, 5.41) is -0.216. The monoisotopic (exact) mass is 337 g/mol. The number of nitrogens with zero attached hydrogens (tertiary/aromatic N) is 1. The van der Waals surface area contributed by atoms with E-state index in [9.17, 15) is 14.4 Å². The second kappa shape index (κ2) is 7.87. The Bertz CT molecular complexity index is 581. The Kier molecular flexibility index (Phi) is 5.86. The minimum Gasteiger partial charge on any atom is -0.449 e. The molecule has 1 aromatic carbocycles. The lowest BCUT2D eigenvalue weighted by molar-refractivity contribution is -0.138. The van der Waals surface area contributed by atoms with E-state index >= 15 is 0 Å². The van der Waals surface area contributed by atoms with E-state index in [4.69, 9.17) is 0 Å². The molecule has 2 N–H and O–H groups in total. The highest BCUT2D eigenvalue weighted by atomic mass is 32.2. The van der Waals surface area contributed by atoms with Crippen LogP contribution in [0.3, 0.4) is 0 Å². The number of amides is 3. The highest BCUT2D eigenvalue weighted by Crippen LogP contribution is 2.41. The second-order valence-corrected chi connectivity index (χ2v) is 5.99. The van der Waals surface area contributed by atoms with Gasteiger partial charge in [-0.3, -0.25) is 15.0 Å². The molecule has 1 fully saturated rings. The molecule has 0 radical (unpaired) electrons. The zero-order chi connectivity index (χ0) is 16.8. The average molecular weight is 337 g/mol. The summed E-state index contributed by atoms with van der Waals surface area (Å²) in [6.45, 7) is 3.30. The molecule has 3 amide bonds. The Balaban J connectivity index is 2.06. The summed E-state index contributed by atoms with van der Waals surface area (Å²) in [5.74, 6) is -0.186. The maximum atomic E-state index is 12.3. The Morgan fingerprint density at radius 2 is 1.96 bits per heavy atom. The Morgan fingerprint density at radius 1 is 1.26 bits per heavy atom. The van der Waals surface area contributed by atoms with Crippen LogP contribution in [0.4, 0.5) is 4.79 Å². The van der Waals surface area contributed by atoms with E-state index in [0.717, 1.165) is 5.56 Å². The predicted molar refractivity (Wildman–Crippen MR) is 86.2 cm³/mol. The number of benzene rings is 1. The van der Waals surface area contributed by atoms with Gasteiger partial charge in [-0.15, -0.1) is 11.8 Å². The summed E-state index contributed by atoms with van der Waals surface area (Å²) in [7, 11) is 0. The van der Waals surface area contributed by atoms with Gasteiger partial charge in [0.05, 0.1) is 6.61 Å². The number of hydrogen-bond acceptors (Lipinski definition) is 5. The second-order valence-electron chi connectivity index (χ2n) is 4.87. The molecule has 1 aromatic rings. The molecule has 0 spiro atoms. The van der Waals surface area contributed by atoms with E-state index in [1.807, 2.05) is 30.3 Å². The van der Waals surface area contributed by atoms with Crippen LogP contribution in [-0.4, -0.2) is 41.2 Å². The van der Waals surface area contributed by atoms with Crippen LogP contribution in [0.25, 0.3) is 0 Å². The van der Waals surface area contributed by atoms with E-state index in [2.05, 4.69) is 15.6 Å². The van der Waals surface area contributed by atoms with Gasteiger partial charge in [0.25, 0.3) is 5.91 Å². The largest absolute Gasteiger partial charge is 0.449 e. The fourth-order valence-corrected chi connectivity index (χ4v) is 3.81. The number of carbonyl (C=O) groups excluding carboxylic acids is 3. The topological polar surface area (TPSA) is 87.7 Å². The lowest BCUT2D eigenvalue weighted by Gasteiger charge is -2.27. The zero-order valence-corrected chi connectivity index (χ0v) is 13.8. The van der Waals surface area contributed by atoms with Crippen molar-refractivity contribution in [3.8, 4) is 0 Å². The normalized spacial score (nSPS) is 20.0. The highest BCUT2D eigenvalue weighted by molar-refractivity contribution is 7.99. The molecule has 23 heavy (non-hydrogen) atoms. The number of hydrogen-bond donors (Lipinski definition) is 2. The first-order chi connectivity index (χ1) is 11.0. The van der Waals surface area contributed by atoms with Crippen molar-refractivity contribution in [1.82, 2.24) is 15.8 Å². The van der Waals surface area contributed by atoms with Crippen LogP contribution in [0.15, 0.2) is 30.3 Å². The molecule has 2 unspecified atom stereocenters. The van der Waals surface area contributed by atoms with Crippen LogP contribution in [0.5, 0.6) is 0 Å². The number of ether oxygens (including phenoxy) is 1. The molecule has 7 nitrogen and oxygen atoms in total. The molecule has 1 aliphatic heterocycles. The number of thioether (sulfide) groups is 1. The van der Waals surface area contributed by atoms with Crippen molar-refractivity contribution in [2.75, 3.05) is 12.4 Å². The quantitative estimate of drug-likeness (QED) is 0.815. The van der Waals surface area contributed by atoms with Gasteiger partial charge < -0.3 is 9.64 Å². The Labute approximate surface area is 138 Å². The summed E-state index contributed by atoms with van der Waals surface area (Å²) < 4.78 is 4.67. The minimum atomic E-state index is -0.736. The summed E-state index contributed by atoms with van der Waals surface area (Å²) >= 11 is 1.51. The van der Waals surface area contributed by atoms with Crippen molar-refractivity contribution in [3.05, 3.63) is 35.9 Å². The maximum Gasteiger partial charge on any atom is 0.426 e. The van der Waals surface area contributed by atoms with Crippen LogP contribution in [-0.2, 0) is 14.3 Å². The SMILES string of the molecule is CCOC(=O)NNC(=O)C1CSC(c2ccccc2)N1C(C)=O. The first-order valence-corrected chi connectivity index (χ1v) is 8.27. The molecule has 1 heterocycles. The lowest BCUT2D eigenvalue weighted by Crippen LogP contribution is -2.52. The maximum absolute atomic E-state index is 12.3. The third-order valence-corrected chi connectivity index (χ3v) is 4.64. The third-order valence-electron chi connectivity index (χ3n) is 3.31. The van der Waals surface area contributed by atoms with E-state index in [1.165, 1.54) is 23.6 Å². The number of nitrogens with one attached hydrogen (secondary N) is 2. The minimum absolute atomic E-state index is 0.194. The average Bonchev–Trinajstić information content (AvgIpc) is 2.99. The molecular weight excluding hydrogens is 318 g/mol. The summed E-state index contributed by atoms with van der Waals surface area (Å²) in [5.41, 5.74) is 5.42.